The van der Waals surface area contributed by atoms with Gasteiger partial charge < -0.3 is 5.11 Å². The largest absolute Gasteiger partial charge is 0.480 e. The van der Waals surface area contributed by atoms with E-state index >= 15 is 0 Å². The second kappa shape index (κ2) is 7.17. The summed E-state index contributed by atoms with van der Waals surface area (Å²) in [5.41, 5.74) is 2.40. The molecule has 1 aromatic rings. The summed E-state index contributed by atoms with van der Waals surface area (Å²) in [6, 6.07) is 5.43. The first-order chi connectivity index (χ1) is 10.5. The Hall–Kier alpha value is -1.15. The molecule has 0 radical (unpaired) electrons. The Morgan fingerprint density at radius 1 is 1.09 bits per heavy atom. The number of benzene rings is 1. The molecule has 1 saturated heterocycles. The molecule has 0 unspecified atom stereocenters. The van der Waals surface area contributed by atoms with Crippen LogP contribution in [0.15, 0.2) is 23.1 Å². The molecule has 0 amide bonds. The van der Waals surface area contributed by atoms with Gasteiger partial charge in [-0.1, -0.05) is 6.07 Å². The second-order valence-corrected chi connectivity index (χ2v) is 7.80. The van der Waals surface area contributed by atoms with Crippen molar-refractivity contribution in [2.45, 2.75) is 24.2 Å². The Kier molecular flexibility index (Phi) is 5.67. The lowest BCUT2D eigenvalue weighted by atomic mass is 10.1. The van der Waals surface area contributed by atoms with Crippen LogP contribution in [0, 0.1) is 0 Å². The average molecular weight is 361 g/mol. The summed E-state index contributed by atoms with van der Waals surface area (Å²) in [7, 11) is -3.48. The van der Waals surface area contributed by atoms with E-state index in [-0.39, 0.29) is 19.0 Å². The summed E-state index contributed by atoms with van der Waals surface area (Å²) in [6.07, 6.45) is 3.07. The fourth-order valence-electron chi connectivity index (χ4n) is 3.18. The lowest BCUT2D eigenvalue weighted by molar-refractivity contribution is -0.138. The summed E-state index contributed by atoms with van der Waals surface area (Å²) in [5.74, 6) is -0.880. The lowest BCUT2D eigenvalue weighted by Gasteiger charge is -2.33. The van der Waals surface area contributed by atoms with E-state index in [1.165, 1.54) is 9.87 Å². The van der Waals surface area contributed by atoms with Crippen LogP contribution >= 0.6 is 12.4 Å². The van der Waals surface area contributed by atoms with E-state index in [0.29, 0.717) is 31.1 Å². The number of aryl methyl sites for hydroxylation is 2. The maximum absolute atomic E-state index is 12.7. The van der Waals surface area contributed by atoms with E-state index < -0.39 is 16.0 Å². The standard InChI is InChI=1S/C15H20N2O4S.ClH/c18-15(19)11-16-6-8-17(9-7-16)22(20,21)14-5-4-12-2-1-3-13(12)10-14;/h4-5,10H,1-3,6-9,11H2,(H,18,19);1H. The molecule has 23 heavy (non-hydrogen) atoms. The second-order valence-electron chi connectivity index (χ2n) is 5.86. The maximum atomic E-state index is 12.7. The van der Waals surface area contributed by atoms with Gasteiger partial charge in [0.1, 0.15) is 0 Å². The minimum Gasteiger partial charge on any atom is -0.480 e. The van der Waals surface area contributed by atoms with Gasteiger partial charge >= 0.3 is 5.97 Å². The smallest absolute Gasteiger partial charge is 0.317 e. The van der Waals surface area contributed by atoms with Crippen LogP contribution in [0.2, 0.25) is 0 Å². The summed E-state index contributed by atoms with van der Waals surface area (Å²) in [4.78, 5) is 12.8. The first-order valence-electron chi connectivity index (χ1n) is 7.53. The van der Waals surface area contributed by atoms with Gasteiger partial charge in [-0.05, 0) is 42.5 Å². The molecule has 0 aromatic heterocycles. The van der Waals surface area contributed by atoms with Crippen LogP contribution in [-0.4, -0.2) is 61.4 Å². The monoisotopic (exact) mass is 360 g/mol. The Balaban J connectivity index is 0.00000192. The van der Waals surface area contributed by atoms with Crippen molar-refractivity contribution in [1.82, 2.24) is 9.21 Å². The highest BCUT2D eigenvalue weighted by Crippen LogP contribution is 2.26. The van der Waals surface area contributed by atoms with Gasteiger partial charge in [-0.2, -0.15) is 4.31 Å². The van der Waals surface area contributed by atoms with E-state index in [9.17, 15) is 13.2 Å². The van der Waals surface area contributed by atoms with Crippen molar-refractivity contribution in [1.29, 1.82) is 0 Å². The molecule has 1 aliphatic carbocycles. The van der Waals surface area contributed by atoms with Crippen molar-refractivity contribution >= 4 is 28.4 Å². The molecular weight excluding hydrogens is 340 g/mol. The number of halogens is 1. The third-order valence-corrected chi connectivity index (χ3v) is 6.29. The van der Waals surface area contributed by atoms with Gasteiger partial charge in [-0.3, -0.25) is 9.69 Å². The van der Waals surface area contributed by atoms with Crippen LogP contribution in [-0.2, 0) is 27.7 Å². The maximum Gasteiger partial charge on any atom is 0.317 e. The lowest BCUT2D eigenvalue weighted by Crippen LogP contribution is -2.49. The molecule has 1 N–H and O–H groups in total. The fourth-order valence-corrected chi connectivity index (χ4v) is 4.65. The Morgan fingerprint density at radius 3 is 2.39 bits per heavy atom. The van der Waals surface area contributed by atoms with Crippen LogP contribution in [0.5, 0.6) is 0 Å². The predicted molar refractivity (Wildman–Crippen MR) is 88.5 cm³/mol. The molecule has 8 heteroatoms. The molecule has 2 aliphatic rings. The zero-order chi connectivity index (χ0) is 15.7. The van der Waals surface area contributed by atoms with Gasteiger partial charge in [0.05, 0.1) is 11.4 Å². The minimum atomic E-state index is -3.48. The first-order valence-corrected chi connectivity index (χ1v) is 8.97. The van der Waals surface area contributed by atoms with Crippen LogP contribution in [0.25, 0.3) is 0 Å². The van der Waals surface area contributed by atoms with Gasteiger partial charge in [-0.25, -0.2) is 8.42 Å². The van der Waals surface area contributed by atoms with Crippen molar-refractivity contribution in [2.75, 3.05) is 32.7 Å². The van der Waals surface area contributed by atoms with Crippen molar-refractivity contribution in [3.8, 4) is 0 Å². The number of rotatable bonds is 4. The molecule has 0 bridgehead atoms. The Bertz CT molecular complexity index is 685. The van der Waals surface area contributed by atoms with Gasteiger partial charge in [0.2, 0.25) is 10.0 Å². The van der Waals surface area contributed by atoms with Crippen molar-refractivity contribution < 1.29 is 18.3 Å². The van der Waals surface area contributed by atoms with Crippen molar-refractivity contribution in [3.05, 3.63) is 29.3 Å². The van der Waals surface area contributed by atoms with Crippen LogP contribution in [0.3, 0.4) is 0 Å². The molecule has 3 rings (SSSR count). The molecule has 0 saturated carbocycles. The first kappa shape index (κ1) is 18.2. The van der Waals surface area contributed by atoms with Crippen molar-refractivity contribution in [2.24, 2.45) is 0 Å². The number of piperazine rings is 1. The molecule has 1 aromatic carbocycles. The highest BCUT2D eigenvalue weighted by atomic mass is 35.5. The van der Waals surface area contributed by atoms with E-state index in [1.807, 2.05) is 6.07 Å². The number of hydrogen-bond donors (Lipinski definition) is 1. The van der Waals surface area contributed by atoms with E-state index in [0.717, 1.165) is 24.8 Å². The number of fused-ring (bicyclic) bond motifs is 1. The zero-order valence-electron chi connectivity index (χ0n) is 12.8. The van der Waals surface area contributed by atoms with E-state index in [2.05, 4.69) is 0 Å². The molecular formula is C15H21ClN2O4S. The normalized spacial score (nSPS) is 19.1. The van der Waals surface area contributed by atoms with Crippen LogP contribution in [0.1, 0.15) is 17.5 Å². The van der Waals surface area contributed by atoms with Crippen LogP contribution < -0.4 is 0 Å². The molecule has 128 valence electrons. The van der Waals surface area contributed by atoms with Crippen molar-refractivity contribution in [3.63, 3.8) is 0 Å². The quantitative estimate of drug-likeness (QED) is 0.866. The Morgan fingerprint density at radius 2 is 1.74 bits per heavy atom. The molecule has 1 fully saturated rings. The van der Waals surface area contributed by atoms with Gasteiger partial charge in [0.25, 0.3) is 0 Å². The third kappa shape index (κ3) is 3.85. The number of carbonyl (C=O) groups is 1. The number of carboxylic acids is 1. The molecule has 0 atom stereocenters. The third-order valence-electron chi connectivity index (χ3n) is 4.40. The number of carboxylic acid groups (broad SMARTS) is 1. The predicted octanol–water partition coefficient (Wildman–Crippen LogP) is 0.988. The van der Waals surface area contributed by atoms with E-state index in [4.69, 9.17) is 5.11 Å². The average Bonchev–Trinajstić information content (AvgIpc) is 2.94. The zero-order valence-corrected chi connectivity index (χ0v) is 14.4. The van der Waals surface area contributed by atoms with E-state index in [1.54, 1.807) is 17.0 Å². The number of nitrogens with zero attached hydrogens (tertiary/aromatic N) is 2. The summed E-state index contributed by atoms with van der Waals surface area (Å²) < 4.78 is 26.9. The van der Waals surface area contributed by atoms with Gasteiger partial charge in [-0.15, -0.1) is 12.4 Å². The topological polar surface area (TPSA) is 77.9 Å². The molecule has 1 aliphatic heterocycles. The summed E-state index contributed by atoms with van der Waals surface area (Å²) in [5, 5.41) is 8.79. The van der Waals surface area contributed by atoms with Gasteiger partial charge in [0, 0.05) is 26.2 Å². The Labute approximate surface area is 142 Å². The highest BCUT2D eigenvalue weighted by molar-refractivity contribution is 7.89. The van der Waals surface area contributed by atoms with Gasteiger partial charge in [0.15, 0.2) is 0 Å². The molecule has 6 nitrogen and oxygen atoms in total. The molecule has 1 heterocycles. The summed E-state index contributed by atoms with van der Waals surface area (Å²) in [6.45, 7) is 1.55. The SMILES string of the molecule is Cl.O=C(O)CN1CCN(S(=O)(=O)c2ccc3c(c2)CCC3)CC1. The number of sulfonamides is 1. The fraction of sp³-hybridized carbons (Fsp3) is 0.533. The number of aliphatic carboxylic acids is 1. The highest BCUT2D eigenvalue weighted by Gasteiger charge is 2.29. The summed E-state index contributed by atoms with van der Waals surface area (Å²) >= 11 is 0. The van der Waals surface area contributed by atoms with Crippen LogP contribution in [0.4, 0.5) is 0 Å². The minimum absolute atomic E-state index is 0. The molecule has 0 spiro atoms. The number of hydrogen-bond acceptors (Lipinski definition) is 4.